The molecule has 0 bridgehead atoms. The molecule has 2 aromatic heterocycles. The summed E-state index contributed by atoms with van der Waals surface area (Å²) in [4.78, 5) is 22.0. The minimum Gasteiger partial charge on any atom is -0.444 e. The first-order valence-corrected chi connectivity index (χ1v) is 8.11. The van der Waals surface area contributed by atoms with Crippen molar-refractivity contribution < 1.29 is 14.1 Å². The fourth-order valence-electron chi connectivity index (χ4n) is 2.53. The molecule has 0 saturated carbocycles. The molecular formula is C17H22N4O3. The average Bonchev–Trinajstić information content (AvgIpc) is 2.93. The summed E-state index contributed by atoms with van der Waals surface area (Å²) in [5.41, 5.74) is 0.440. The van der Waals surface area contributed by atoms with Crippen LogP contribution in [0.2, 0.25) is 0 Å². The van der Waals surface area contributed by atoms with Gasteiger partial charge in [0.2, 0.25) is 11.7 Å². The Labute approximate surface area is 141 Å². The third kappa shape index (κ3) is 4.10. The molecule has 0 unspecified atom stereocenters. The lowest BCUT2D eigenvalue weighted by Crippen LogP contribution is -2.51. The van der Waals surface area contributed by atoms with E-state index in [-0.39, 0.29) is 6.09 Å². The first-order valence-electron chi connectivity index (χ1n) is 8.11. The Bertz CT molecular complexity index is 687. The molecular weight excluding hydrogens is 308 g/mol. The highest BCUT2D eigenvalue weighted by molar-refractivity contribution is 5.69. The highest BCUT2D eigenvalue weighted by Crippen LogP contribution is 2.24. The summed E-state index contributed by atoms with van der Waals surface area (Å²) >= 11 is 0. The third-order valence-electron chi connectivity index (χ3n) is 3.78. The Balaban J connectivity index is 1.44. The Hall–Kier alpha value is -2.44. The lowest BCUT2D eigenvalue weighted by molar-refractivity contribution is -0.00224. The topological polar surface area (TPSA) is 81.4 Å². The summed E-state index contributed by atoms with van der Waals surface area (Å²) in [7, 11) is 0. The van der Waals surface area contributed by atoms with Crippen molar-refractivity contribution in [2.75, 3.05) is 13.1 Å². The normalized spacial score (nSPS) is 15.2. The molecule has 0 aromatic carbocycles. The van der Waals surface area contributed by atoms with Crippen molar-refractivity contribution in [1.29, 1.82) is 0 Å². The Morgan fingerprint density at radius 2 is 2.04 bits per heavy atom. The lowest BCUT2D eigenvalue weighted by Gasteiger charge is -2.39. The van der Waals surface area contributed by atoms with E-state index in [1.54, 1.807) is 17.3 Å². The van der Waals surface area contributed by atoms with Gasteiger partial charge in [0.25, 0.3) is 0 Å². The van der Waals surface area contributed by atoms with Crippen LogP contribution in [-0.2, 0) is 11.2 Å². The van der Waals surface area contributed by atoms with Crippen LogP contribution < -0.4 is 0 Å². The van der Waals surface area contributed by atoms with Gasteiger partial charge in [0, 0.05) is 37.5 Å². The van der Waals surface area contributed by atoms with Gasteiger partial charge in [-0.2, -0.15) is 4.98 Å². The highest BCUT2D eigenvalue weighted by atomic mass is 16.6. The minimum absolute atomic E-state index is 0.239. The molecule has 128 valence electrons. The monoisotopic (exact) mass is 330 g/mol. The van der Waals surface area contributed by atoms with E-state index in [2.05, 4.69) is 15.1 Å². The second-order valence-corrected chi connectivity index (χ2v) is 7.04. The summed E-state index contributed by atoms with van der Waals surface area (Å²) < 4.78 is 10.6. The van der Waals surface area contributed by atoms with Crippen molar-refractivity contribution in [3.8, 4) is 11.4 Å². The fourth-order valence-corrected chi connectivity index (χ4v) is 2.53. The Kier molecular flexibility index (Phi) is 4.51. The van der Waals surface area contributed by atoms with Crippen LogP contribution in [0.3, 0.4) is 0 Å². The number of nitrogens with zero attached hydrogens (tertiary/aromatic N) is 4. The highest BCUT2D eigenvalue weighted by Gasteiger charge is 2.33. The Morgan fingerprint density at radius 3 is 2.71 bits per heavy atom. The van der Waals surface area contributed by atoms with Gasteiger partial charge < -0.3 is 14.2 Å². The smallest absolute Gasteiger partial charge is 0.410 e. The van der Waals surface area contributed by atoms with Gasteiger partial charge in [-0.1, -0.05) is 5.16 Å². The van der Waals surface area contributed by atoms with Crippen molar-refractivity contribution in [2.45, 2.75) is 39.2 Å². The molecule has 0 spiro atoms. The zero-order valence-electron chi connectivity index (χ0n) is 14.2. The second kappa shape index (κ2) is 6.59. The van der Waals surface area contributed by atoms with Crippen molar-refractivity contribution in [3.63, 3.8) is 0 Å². The van der Waals surface area contributed by atoms with Crippen molar-refractivity contribution in [1.82, 2.24) is 20.0 Å². The quantitative estimate of drug-likeness (QED) is 0.857. The number of amides is 1. The van der Waals surface area contributed by atoms with Gasteiger partial charge in [-0.25, -0.2) is 4.79 Å². The maximum absolute atomic E-state index is 11.9. The van der Waals surface area contributed by atoms with Crippen molar-refractivity contribution in [3.05, 3.63) is 30.4 Å². The van der Waals surface area contributed by atoms with Crippen LogP contribution >= 0.6 is 0 Å². The third-order valence-corrected chi connectivity index (χ3v) is 3.78. The second-order valence-electron chi connectivity index (χ2n) is 7.04. The molecule has 24 heavy (non-hydrogen) atoms. The van der Waals surface area contributed by atoms with E-state index in [0.717, 1.165) is 25.1 Å². The number of aromatic nitrogens is 3. The molecule has 3 rings (SSSR count). The summed E-state index contributed by atoms with van der Waals surface area (Å²) in [5.74, 6) is 1.66. The fraction of sp³-hybridized carbons (Fsp3) is 0.529. The van der Waals surface area contributed by atoms with Gasteiger partial charge in [0.1, 0.15) is 5.60 Å². The van der Waals surface area contributed by atoms with E-state index in [1.807, 2.05) is 32.9 Å². The number of aryl methyl sites for hydroxylation is 1. The predicted octanol–water partition coefficient (Wildman–Crippen LogP) is 2.93. The van der Waals surface area contributed by atoms with E-state index in [4.69, 9.17) is 9.26 Å². The molecule has 1 aliphatic rings. The van der Waals surface area contributed by atoms with Crippen LogP contribution in [0.1, 0.15) is 33.1 Å². The standard InChI is InChI=1S/C17H22N4O3/c1-17(2,3)23-16(22)21-10-12(11-21)4-5-14-19-15(20-24-14)13-6-8-18-9-7-13/h6-9,12H,4-5,10-11H2,1-3H3. The number of likely N-dealkylation sites (tertiary alicyclic amines) is 1. The van der Waals surface area contributed by atoms with Crippen LogP contribution in [0.5, 0.6) is 0 Å². The number of carbonyl (C=O) groups excluding carboxylic acids is 1. The summed E-state index contributed by atoms with van der Waals surface area (Å²) in [5, 5.41) is 3.99. The predicted molar refractivity (Wildman–Crippen MR) is 87.1 cm³/mol. The minimum atomic E-state index is -0.449. The maximum Gasteiger partial charge on any atom is 0.410 e. The molecule has 7 heteroatoms. The molecule has 7 nitrogen and oxygen atoms in total. The molecule has 0 aliphatic carbocycles. The van der Waals surface area contributed by atoms with Gasteiger partial charge in [-0.3, -0.25) is 4.98 Å². The van der Waals surface area contributed by atoms with Crippen LogP contribution in [-0.4, -0.2) is 44.8 Å². The summed E-state index contributed by atoms with van der Waals surface area (Å²) in [6.07, 6.45) is 4.79. The molecule has 1 saturated heterocycles. The number of hydrogen-bond donors (Lipinski definition) is 0. The molecule has 1 amide bonds. The molecule has 3 heterocycles. The van der Waals surface area contributed by atoms with E-state index in [1.165, 1.54) is 0 Å². The number of carbonyl (C=O) groups is 1. The number of pyridine rings is 1. The molecule has 0 N–H and O–H groups in total. The SMILES string of the molecule is CC(C)(C)OC(=O)N1CC(CCc2nc(-c3ccncc3)no2)C1. The largest absolute Gasteiger partial charge is 0.444 e. The van der Waals surface area contributed by atoms with E-state index >= 15 is 0 Å². The van der Waals surface area contributed by atoms with Gasteiger partial charge in [0.05, 0.1) is 0 Å². The van der Waals surface area contributed by atoms with Gasteiger partial charge in [-0.05, 0) is 45.2 Å². The number of ether oxygens (including phenoxy) is 1. The zero-order valence-corrected chi connectivity index (χ0v) is 14.2. The Morgan fingerprint density at radius 1 is 1.33 bits per heavy atom. The average molecular weight is 330 g/mol. The molecule has 0 radical (unpaired) electrons. The number of rotatable bonds is 4. The lowest BCUT2D eigenvalue weighted by atomic mass is 9.95. The van der Waals surface area contributed by atoms with E-state index in [9.17, 15) is 4.79 Å². The molecule has 2 aromatic rings. The van der Waals surface area contributed by atoms with Crippen molar-refractivity contribution >= 4 is 6.09 Å². The summed E-state index contributed by atoms with van der Waals surface area (Å²) in [6.45, 7) is 7.06. The van der Waals surface area contributed by atoms with Gasteiger partial charge in [0.15, 0.2) is 0 Å². The van der Waals surface area contributed by atoms with Crippen LogP contribution in [0.4, 0.5) is 4.79 Å². The molecule has 1 aliphatic heterocycles. The first kappa shape index (κ1) is 16.4. The number of hydrogen-bond acceptors (Lipinski definition) is 6. The molecule has 0 atom stereocenters. The van der Waals surface area contributed by atoms with Gasteiger partial charge in [-0.15, -0.1) is 0 Å². The first-order chi connectivity index (χ1) is 11.4. The van der Waals surface area contributed by atoms with Gasteiger partial charge >= 0.3 is 6.09 Å². The molecule has 1 fully saturated rings. The zero-order chi connectivity index (χ0) is 17.2. The van der Waals surface area contributed by atoms with Crippen LogP contribution in [0.25, 0.3) is 11.4 Å². The van der Waals surface area contributed by atoms with Crippen LogP contribution in [0.15, 0.2) is 29.0 Å². The summed E-state index contributed by atoms with van der Waals surface area (Å²) in [6, 6.07) is 3.69. The van der Waals surface area contributed by atoms with E-state index in [0.29, 0.717) is 24.1 Å². The van der Waals surface area contributed by atoms with Crippen LogP contribution in [0, 0.1) is 5.92 Å². The van der Waals surface area contributed by atoms with E-state index < -0.39 is 5.60 Å². The van der Waals surface area contributed by atoms with Crippen molar-refractivity contribution in [2.24, 2.45) is 5.92 Å². The maximum atomic E-state index is 11.9.